The molecule has 0 N–H and O–H groups in total. The van der Waals surface area contributed by atoms with Crippen molar-refractivity contribution in [2.45, 2.75) is 25.1 Å². The lowest BCUT2D eigenvalue weighted by Crippen LogP contribution is -1.93. The summed E-state index contributed by atoms with van der Waals surface area (Å²) in [6.45, 7) is 2.04. The third-order valence-corrected chi connectivity index (χ3v) is 2.24. The average molecular weight is 187 g/mol. The summed E-state index contributed by atoms with van der Waals surface area (Å²) >= 11 is 5.97. The van der Waals surface area contributed by atoms with E-state index in [2.05, 4.69) is 0 Å². The molecule has 0 aliphatic carbocycles. The minimum absolute atomic E-state index is 0.184. The number of hydrogen-bond acceptors (Lipinski definition) is 0. The summed E-state index contributed by atoms with van der Waals surface area (Å²) in [5.41, 5.74) is 0.612. The molecule has 0 fully saturated rings. The maximum Gasteiger partial charge on any atom is 0.127 e. The van der Waals surface area contributed by atoms with Crippen LogP contribution < -0.4 is 0 Å². The third kappa shape index (κ3) is 2.21. The zero-order valence-electron chi connectivity index (χ0n) is 7.06. The first-order valence-electron chi connectivity index (χ1n) is 4.14. The highest BCUT2D eigenvalue weighted by atomic mass is 35.5. The van der Waals surface area contributed by atoms with Crippen LogP contribution in [0.4, 0.5) is 4.39 Å². The van der Waals surface area contributed by atoms with Crippen LogP contribution in [0.2, 0.25) is 0 Å². The maximum absolute atomic E-state index is 13.1. The Morgan fingerprint density at radius 2 is 2.08 bits per heavy atom. The van der Waals surface area contributed by atoms with Crippen LogP contribution in [0.25, 0.3) is 0 Å². The third-order valence-electron chi connectivity index (χ3n) is 1.78. The number of hydrogen-bond donors (Lipinski definition) is 0. The van der Waals surface area contributed by atoms with Gasteiger partial charge in [-0.25, -0.2) is 4.39 Å². The molecule has 2 heteroatoms. The van der Waals surface area contributed by atoms with Crippen LogP contribution >= 0.6 is 11.6 Å². The zero-order chi connectivity index (χ0) is 8.97. The van der Waals surface area contributed by atoms with Gasteiger partial charge in [0, 0.05) is 5.56 Å². The molecule has 1 unspecified atom stereocenters. The Bertz CT molecular complexity index is 247. The molecule has 0 saturated heterocycles. The second-order valence-electron chi connectivity index (χ2n) is 2.78. The second kappa shape index (κ2) is 4.46. The van der Waals surface area contributed by atoms with Gasteiger partial charge >= 0.3 is 0 Å². The van der Waals surface area contributed by atoms with Gasteiger partial charge in [0.25, 0.3) is 0 Å². The first kappa shape index (κ1) is 9.53. The van der Waals surface area contributed by atoms with Gasteiger partial charge in [-0.15, -0.1) is 11.6 Å². The molecular weight excluding hydrogens is 175 g/mol. The Kier molecular flexibility index (Phi) is 3.54. The molecular formula is C10H12ClF. The van der Waals surface area contributed by atoms with Gasteiger partial charge in [-0.3, -0.25) is 0 Å². The van der Waals surface area contributed by atoms with E-state index in [1.54, 1.807) is 12.1 Å². The minimum atomic E-state index is -0.203. The average Bonchev–Trinajstić information content (AvgIpc) is 2.05. The van der Waals surface area contributed by atoms with E-state index in [1.165, 1.54) is 6.07 Å². The van der Waals surface area contributed by atoms with Gasteiger partial charge in [-0.2, -0.15) is 0 Å². The van der Waals surface area contributed by atoms with Crippen molar-refractivity contribution in [3.05, 3.63) is 35.6 Å². The summed E-state index contributed by atoms with van der Waals surface area (Å²) in [6, 6.07) is 6.67. The lowest BCUT2D eigenvalue weighted by Gasteiger charge is -2.08. The molecule has 0 saturated carbocycles. The quantitative estimate of drug-likeness (QED) is 0.628. The summed E-state index contributed by atoms with van der Waals surface area (Å²) in [5, 5.41) is -0.184. The zero-order valence-corrected chi connectivity index (χ0v) is 7.81. The molecule has 0 aliphatic heterocycles. The van der Waals surface area contributed by atoms with Crippen molar-refractivity contribution in [3.8, 4) is 0 Å². The maximum atomic E-state index is 13.1. The lowest BCUT2D eigenvalue weighted by atomic mass is 10.1. The lowest BCUT2D eigenvalue weighted by molar-refractivity contribution is 0.599. The van der Waals surface area contributed by atoms with Crippen molar-refractivity contribution in [2.75, 3.05) is 0 Å². The van der Waals surface area contributed by atoms with Crippen LogP contribution in [-0.2, 0) is 0 Å². The molecule has 0 radical (unpaired) electrons. The molecule has 0 heterocycles. The van der Waals surface area contributed by atoms with Crippen molar-refractivity contribution in [1.29, 1.82) is 0 Å². The minimum Gasteiger partial charge on any atom is -0.207 e. The largest absolute Gasteiger partial charge is 0.207 e. The van der Waals surface area contributed by atoms with E-state index in [9.17, 15) is 4.39 Å². The molecule has 0 aromatic heterocycles. The fraction of sp³-hybridized carbons (Fsp3) is 0.400. The highest BCUT2D eigenvalue weighted by molar-refractivity contribution is 6.20. The smallest absolute Gasteiger partial charge is 0.127 e. The Morgan fingerprint density at radius 3 is 2.67 bits per heavy atom. The summed E-state index contributed by atoms with van der Waals surface area (Å²) in [4.78, 5) is 0. The monoisotopic (exact) mass is 186 g/mol. The molecule has 1 aromatic rings. The fourth-order valence-corrected chi connectivity index (χ4v) is 1.53. The Labute approximate surface area is 77.4 Å². The Balaban J connectivity index is 2.79. The van der Waals surface area contributed by atoms with Crippen LogP contribution in [0, 0.1) is 5.82 Å². The SMILES string of the molecule is CCCC(Cl)c1ccccc1F. The van der Waals surface area contributed by atoms with E-state index in [1.807, 2.05) is 13.0 Å². The van der Waals surface area contributed by atoms with Crippen molar-refractivity contribution < 1.29 is 4.39 Å². The van der Waals surface area contributed by atoms with Gasteiger partial charge in [-0.1, -0.05) is 31.5 Å². The number of halogens is 2. The molecule has 1 atom stereocenters. The van der Waals surface area contributed by atoms with E-state index in [-0.39, 0.29) is 11.2 Å². The van der Waals surface area contributed by atoms with E-state index < -0.39 is 0 Å². The summed E-state index contributed by atoms with van der Waals surface area (Å²) in [6.07, 6.45) is 1.80. The van der Waals surface area contributed by atoms with E-state index in [0.29, 0.717) is 5.56 Å². The van der Waals surface area contributed by atoms with Gasteiger partial charge in [0.05, 0.1) is 5.38 Å². The van der Waals surface area contributed by atoms with Crippen LogP contribution in [0.5, 0.6) is 0 Å². The summed E-state index contributed by atoms with van der Waals surface area (Å²) in [5.74, 6) is -0.203. The second-order valence-corrected chi connectivity index (χ2v) is 3.30. The number of rotatable bonds is 3. The first-order valence-corrected chi connectivity index (χ1v) is 4.58. The molecule has 0 bridgehead atoms. The molecule has 1 aromatic carbocycles. The Morgan fingerprint density at radius 1 is 1.42 bits per heavy atom. The highest BCUT2D eigenvalue weighted by Crippen LogP contribution is 2.27. The molecule has 0 aliphatic rings. The predicted octanol–water partition coefficient (Wildman–Crippen LogP) is 3.91. The molecule has 12 heavy (non-hydrogen) atoms. The van der Waals surface area contributed by atoms with Gasteiger partial charge < -0.3 is 0 Å². The van der Waals surface area contributed by atoms with Crippen molar-refractivity contribution in [1.82, 2.24) is 0 Å². The summed E-state index contributed by atoms with van der Waals surface area (Å²) in [7, 11) is 0. The number of alkyl halides is 1. The van der Waals surface area contributed by atoms with Gasteiger partial charge in [-0.05, 0) is 12.5 Å². The number of benzene rings is 1. The molecule has 0 amide bonds. The van der Waals surface area contributed by atoms with Gasteiger partial charge in [0.2, 0.25) is 0 Å². The topological polar surface area (TPSA) is 0 Å². The molecule has 0 nitrogen and oxygen atoms in total. The van der Waals surface area contributed by atoms with Gasteiger partial charge in [0.15, 0.2) is 0 Å². The Hall–Kier alpha value is -0.560. The summed E-state index contributed by atoms with van der Waals surface area (Å²) < 4.78 is 13.1. The predicted molar refractivity (Wildman–Crippen MR) is 49.9 cm³/mol. The van der Waals surface area contributed by atoms with Crippen LogP contribution in [0.15, 0.2) is 24.3 Å². The van der Waals surface area contributed by atoms with Crippen LogP contribution in [-0.4, -0.2) is 0 Å². The van der Waals surface area contributed by atoms with Gasteiger partial charge in [0.1, 0.15) is 5.82 Å². The highest BCUT2D eigenvalue weighted by Gasteiger charge is 2.10. The van der Waals surface area contributed by atoms with E-state index in [4.69, 9.17) is 11.6 Å². The molecule has 66 valence electrons. The van der Waals surface area contributed by atoms with Crippen molar-refractivity contribution in [2.24, 2.45) is 0 Å². The van der Waals surface area contributed by atoms with Crippen LogP contribution in [0.1, 0.15) is 30.7 Å². The van der Waals surface area contributed by atoms with E-state index >= 15 is 0 Å². The van der Waals surface area contributed by atoms with Crippen LogP contribution in [0.3, 0.4) is 0 Å². The van der Waals surface area contributed by atoms with Crippen molar-refractivity contribution >= 4 is 11.6 Å². The molecule has 1 rings (SSSR count). The fourth-order valence-electron chi connectivity index (χ4n) is 1.14. The van der Waals surface area contributed by atoms with E-state index in [0.717, 1.165) is 12.8 Å². The first-order chi connectivity index (χ1) is 5.75. The standard InChI is InChI=1S/C10H12ClF/c1-2-5-9(11)8-6-3-4-7-10(8)12/h3-4,6-7,9H,2,5H2,1H3. The van der Waals surface area contributed by atoms with Crippen molar-refractivity contribution in [3.63, 3.8) is 0 Å². The normalized spacial score (nSPS) is 12.9. The molecule has 0 spiro atoms.